The molecule has 1 aromatic rings. The van der Waals surface area contributed by atoms with E-state index < -0.39 is 14.6 Å². The molecule has 2 aliphatic rings. The zero-order valence-corrected chi connectivity index (χ0v) is 19.2. The molecule has 0 radical (unpaired) electrons. The highest BCUT2D eigenvalue weighted by atomic mass is 31.2. The molecule has 2 fully saturated rings. The van der Waals surface area contributed by atoms with Crippen molar-refractivity contribution in [2.75, 3.05) is 40.7 Å². The first-order valence-electron chi connectivity index (χ1n) is 10.8. The Kier molecular flexibility index (Phi) is 9.16. The van der Waals surface area contributed by atoms with Gasteiger partial charge in [-0.2, -0.15) is 0 Å². The van der Waals surface area contributed by atoms with Crippen molar-refractivity contribution in [3.05, 3.63) is 23.8 Å². The van der Waals surface area contributed by atoms with Gasteiger partial charge >= 0.3 is 7.82 Å². The molecule has 1 aliphatic carbocycles. The van der Waals surface area contributed by atoms with E-state index in [1.165, 1.54) is 12.8 Å². The smallest absolute Gasteiger partial charge is 0.471 e. The minimum Gasteiger partial charge on any atom is -0.493 e. The molecule has 3 rings (SSSR count). The van der Waals surface area contributed by atoms with Gasteiger partial charge in [-0.25, -0.2) is 4.57 Å². The van der Waals surface area contributed by atoms with Crippen LogP contribution in [0.15, 0.2) is 18.2 Å². The molecule has 1 aromatic carbocycles. The highest BCUT2D eigenvalue weighted by Gasteiger charge is 2.35. The van der Waals surface area contributed by atoms with Crippen molar-refractivity contribution in [3.63, 3.8) is 0 Å². The minimum absolute atomic E-state index is 0.0825. The lowest BCUT2D eigenvalue weighted by molar-refractivity contribution is -0.0552. The Labute approximate surface area is 183 Å². The number of methoxy groups -OCH3 is 2. The average Bonchev–Trinajstić information content (AvgIpc) is 3.21. The summed E-state index contributed by atoms with van der Waals surface area (Å²) >= 11 is 0. The normalized spacial score (nSPS) is 25.0. The van der Waals surface area contributed by atoms with E-state index in [2.05, 4.69) is 9.42 Å². The second-order valence-corrected chi connectivity index (χ2v) is 9.25. The van der Waals surface area contributed by atoms with Gasteiger partial charge in [0.05, 0.1) is 33.0 Å². The van der Waals surface area contributed by atoms with E-state index in [0.717, 1.165) is 55.8 Å². The van der Waals surface area contributed by atoms with Crippen LogP contribution in [0.2, 0.25) is 0 Å². The summed E-state index contributed by atoms with van der Waals surface area (Å²) in [6.45, 7) is 1.87. The van der Waals surface area contributed by atoms with Gasteiger partial charge in [-0.15, -0.1) is 0 Å². The van der Waals surface area contributed by atoms with Crippen LogP contribution < -0.4 is 9.47 Å². The average molecular weight is 459 g/mol. The monoisotopic (exact) mass is 459 g/mol. The summed E-state index contributed by atoms with van der Waals surface area (Å²) in [5.41, 5.74) is 1.14. The van der Waals surface area contributed by atoms with E-state index in [9.17, 15) is 4.57 Å². The third-order valence-corrected chi connectivity index (χ3v) is 6.45. The number of ether oxygens (including phenoxy) is 4. The molecular formula is C21H34NO8P. The fraction of sp³-hybridized carbons (Fsp3) is 0.714. The van der Waals surface area contributed by atoms with E-state index in [1.54, 1.807) is 14.2 Å². The predicted octanol–water partition coefficient (Wildman–Crippen LogP) is 2.73. The number of benzene rings is 1. The standard InChI is InChI=1S/C21H34NO8P/c1-26-20-8-7-16(13-21(20)27-2)10-12-28-19-6-4-3-5-18(19)22-11-9-17(14-22)29-15-30-31(23,24)25/h7-8,13,17-19H,3-6,9-12,14-15H2,1-2H3,(H2,23,24,25)/t17-,18+,19+/m0/s1. The lowest BCUT2D eigenvalue weighted by atomic mass is 9.91. The Balaban J connectivity index is 1.47. The van der Waals surface area contributed by atoms with Crippen molar-refractivity contribution in [2.24, 2.45) is 0 Å². The highest BCUT2D eigenvalue weighted by molar-refractivity contribution is 7.46. The van der Waals surface area contributed by atoms with Crippen molar-refractivity contribution in [2.45, 2.75) is 56.8 Å². The molecule has 0 bridgehead atoms. The fourth-order valence-corrected chi connectivity index (χ4v) is 4.64. The van der Waals surface area contributed by atoms with Crippen molar-refractivity contribution in [1.82, 2.24) is 4.90 Å². The molecule has 176 valence electrons. The van der Waals surface area contributed by atoms with E-state index in [0.29, 0.717) is 12.6 Å². The lowest BCUT2D eigenvalue weighted by Gasteiger charge is -2.37. The third kappa shape index (κ3) is 7.43. The first kappa shape index (κ1) is 24.5. The summed E-state index contributed by atoms with van der Waals surface area (Å²) in [6, 6.07) is 6.28. The third-order valence-electron chi connectivity index (χ3n) is 6.01. The van der Waals surface area contributed by atoms with Crippen molar-refractivity contribution in [1.29, 1.82) is 0 Å². The fourth-order valence-electron chi connectivity index (χ4n) is 4.44. The number of phosphoric acid groups is 1. The van der Waals surface area contributed by atoms with Gasteiger partial charge in [0, 0.05) is 19.1 Å². The Morgan fingerprint density at radius 3 is 2.58 bits per heavy atom. The number of likely N-dealkylation sites (tertiary alicyclic amines) is 1. The molecule has 31 heavy (non-hydrogen) atoms. The summed E-state index contributed by atoms with van der Waals surface area (Å²) in [6.07, 6.45) is 6.20. The number of hydrogen-bond donors (Lipinski definition) is 2. The van der Waals surface area contributed by atoms with Gasteiger partial charge in [0.2, 0.25) is 0 Å². The Bertz CT molecular complexity index is 742. The quantitative estimate of drug-likeness (QED) is 0.382. The van der Waals surface area contributed by atoms with Crippen molar-refractivity contribution in [3.8, 4) is 11.5 Å². The Morgan fingerprint density at radius 1 is 1.06 bits per heavy atom. The number of rotatable bonds is 11. The first-order chi connectivity index (χ1) is 14.9. The van der Waals surface area contributed by atoms with Crippen LogP contribution in [0, 0.1) is 0 Å². The van der Waals surface area contributed by atoms with Crippen LogP contribution in [0.4, 0.5) is 0 Å². The van der Waals surface area contributed by atoms with Gasteiger partial charge in [-0.3, -0.25) is 9.42 Å². The van der Waals surface area contributed by atoms with Crippen molar-refractivity contribution < 1.29 is 37.8 Å². The molecule has 1 aliphatic heterocycles. The van der Waals surface area contributed by atoms with Gasteiger partial charge in [0.25, 0.3) is 0 Å². The maximum atomic E-state index is 10.8. The van der Waals surface area contributed by atoms with Gasteiger partial charge in [0.1, 0.15) is 0 Å². The molecule has 1 saturated carbocycles. The minimum atomic E-state index is -4.50. The molecule has 0 aromatic heterocycles. The van der Waals surface area contributed by atoms with Crippen molar-refractivity contribution >= 4 is 7.82 Å². The molecular weight excluding hydrogens is 425 g/mol. The Hall–Kier alpha value is -1.19. The highest BCUT2D eigenvalue weighted by Crippen LogP contribution is 2.36. The van der Waals surface area contributed by atoms with Crippen LogP contribution in [-0.4, -0.2) is 73.6 Å². The molecule has 0 unspecified atom stereocenters. The van der Waals surface area contributed by atoms with Gasteiger partial charge < -0.3 is 28.7 Å². The van der Waals surface area contributed by atoms with E-state index in [-0.39, 0.29) is 12.2 Å². The van der Waals surface area contributed by atoms with E-state index in [4.69, 9.17) is 28.7 Å². The Morgan fingerprint density at radius 2 is 1.84 bits per heavy atom. The summed E-state index contributed by atoms with van der Waals surface area (Å²) < 4.78 is 37.7. The largest absolute Gasteiger partial charge is 0.493 e. The second kappa shape index (κ2) is 11.6. The molecule has 10 heteroatoms. The molecule has 1 saturated heterocycles. The molecule has 3 atom stereocenters. The first-order valence-corrected chi connectivity index (χ1v) is 12.3. The topological polar surface area (TPSA) is 107 Å². The van der Waals surface area contributed by atoms with Crippen LogP contribution in [-0.2, 0) is 25.0 Å². The number of phosphoric ester groups is 1. The van der Waals surface area contributed by atoms with Crippen LogP contribution in [0.1, 0.15) is 37.7 Å². The van der Waals surface area contributed by atoms with Crippen LogP contribution >= 0.6 is 7.82 Å². The molecule has 1 heterocycles. The summed E-state index contributed by atoms with van der Waals surface area (Å²) in [7, 11) is -1.23. The van der Waals surface area contributed by atoms with Crippen LogP contribution in [0.3, 0.4) is 0 Å². The van der Waals surface area contributed by atoms with Gasteiger partial charge in [-0.05, 0) is 43.4 Å². The molecule has 9 nitrogen and oxygen atoms in total. The predicted molar refractivity (Wildman–Crippen MR) is 114 cm³/mol. The molecule has 0 spiro atoms. The number of nitrogens with zero attached hydrogens (tertiary/aromatic N) is 1. The summed E-state index contributed by atoms with van der Waals surface area (Å²) in [5, 5.41) is 0. The summed E-state index contributed by atoms with van der Waals surface area (Å²) in [5.74, 6) is 1.44. The second-order valence-electron chi connectivity index (χ2n) is 8.01. The maximum absolute atomic E-state index is 10.8. The summed E-state index contributed by atoms with van der Waals surface area (Å²) in [4.78, 5) is 19.9. The maximum Gasteiger partial charge on any atom is 0.471 e. The SMILES string of the molecule is COc1ccc(CCO[C@@H]2CCCC[C@H]2N2CC[C@H](OCOP(=O)(O)O)C2)cc1OC. The van der Waals surface area contributed by atoms with Gasteiger partial charge in [-0.1, -0.05) is 18.9 Å². The molecule has 0 amide bonds. The van der Waals surface area contributed by atoms with E-state index >= 15 is 0 Å². The van der Waals surface area contributed by atoms with Crippen LogP contribution in [0.5, 0.6) is 11.5 Å². The van der Waals surface area contributed by atoms with E-state index in [1.807, 2.05) is 18.2 Å². The molecule has 2 N–H and O–H groups in total. The number of hydrogen-bond acceptors (Lipinski definition) is 7. The zero-order chi connectivity index (χ0) is 22.3. The van der Waals surface area contributed by atoms with Gasteiger partial charge in [0.15, 0.2) is 18.3 Å². The lowest BCUT2D eigenvalue weighted by Crippen LogP contribution is -2.46. The zero-order valence-electron chi connectivity index (χ0n) is 18.3. The van der Waals surface area contributed by atoms with Crippen LogP contribution in [0.25, 0.3) is 0 Å².